The Bertz CT molecular complexity index is 755. The Morgan fingerprint density at radius 3 is 2.97 bits per heavy atom. The van der Waals surface area contributed by atoms with Gasteiger partial charge in [-0.1, -0.05) is 30.3 Å². The number of hydrogen-bond acceptors (Lipinski definition) is 6. The third-order valence-electron chi connectivity index (χ3n) is 7.02. The molecule has 3 N–H and O–H groups in total. The molecule has 7 atom stereocenters. The molecule has 0 amide bonds. The van der Waals surface area contributed by atoms with Gasteiger partial charge in [-0.25, -0.2) is 0 Å². The summed E-state index contributed by atoms with van der Waals surface area (Å²) in [5.74, 6) is 2.48. The Morgan fingerprint density at radius 2 is 2.14 bits per heavy atom. The fraction of sp³-hybridized carbons (Fsp3) is 0.696. The monoisotopic (exact) mass is 414 g/mol. The SMILES string of the molecule is CC(Cc1ccccc1)NC1=NCNC2C1SC1NC3CC(C)(C)OCC3CC12. The van der Waals surface area contributed by atoms with Gasteiger partial charge in [-0.15, -0.1) is 11.8 Å². The molecule has 4 aliphatic rings. The van der Waals surface area contributed by atoms with Crippen LogP contribution in [-0.2, 0) is 11.2 Å². The minimum Gasteiger partial charge on any atom is -0.375 e. The first-order valence-electron chi connectivity index (χ1n) is 11.1. The van der Waals surface area contributed by atoms with Gasteiger partial charge in [-0.05, 0) is 51.5 Å². The minimum absolute atomic E-state index is 0.00364. The van der Waals surface area contributed by atoms with Crippen molar-refractivity contribution >= 4 is 17.6 Å². The molecule has 158 valence electrons. The molecule has 4 heterocycles. The first-order chi connectivity index (χ1) is 14.0. The van der Waals surface area contributed by atoms with Crippen LogP contribution < -0.4 is 16.0 Å². The van der Waals surface area contributed by atoms with Crippen molar-refractivity contribution in [2.45, 2.75) is 74.4 Å². The number of hydrogen-bond donors (Lipinski definition) is 3. The summed E-state index contributed by atoms with van der Waals surface area (Å²) in [5, 5.41) is 12.4. The van der Waals surface area contributed by atoms with E-state index in [4.69, 9.17) is 9.73 Å². The van der Waals surface area contributed by atoms with Gasteiger partial charge >= 0.3 is 0 Å². The Kier molecular flexibility index (Phi) is 5.39. The molecule has 7 unspecified atom stereocenters. The standard InChI is InChI=1S/C23H34N4OS/c1-14(9-15-7-5-4-6-8-15)26-21-20-19(24-13-25-21)17-10-16-12-28-23(2,3)11-18(16)27-22(17)29-20/h4-8,14,16-20,22,24,27H,9-13H2,1-3H3,(H,25,26). The molecule has 5 nitrogen and oxygen atoms in total. The van der Waals surface area contributed by atoms with Gasteiger partial charge in [0.05, 0.1) is 29.5 Å². The number of rotatable bonds is 3. The zero-order valence-electron chi connectivity index (χ0n) is 17.7. The summed E-state index contributed by atoms with van der Waals surface area (Å²) in [4.78, 5) is 4.85. The van der Waals surface area contributed by atoms with Crippen molar-refractivity contribution in [1.29, 1.82) is 0 Å². The third kappa shape index (κ3) is 4.09. The van der Waals surface area contributed by atoms with E-state index in [1.807, 2.05) is 0 Å². The van der Waals surface area contributed by atoms with E-state index in [2.05, 4.69) is 78.8 Å². The average Bonchev–Trinajstić information content (AvgIpc) is 3.05. The zero-order valence-corrected chi connectivity index (χ0v) is 18.5. The molecule has 0 aromatic heterocycles. The average molecular weight is 415 g/mol. The molecule has 0 saturated carbocycles. The highest BCUT2D eigenvalue weighted by Crippen LogP contribution is 2.47. The maximum absolute atomic E-state index is 6.15. The fourth-order valence-corrected chi connectivity index (χ4v) is 7.39. The molecule has 0 bridgehead atoms. The number of ether oxygens (including phenoxy) is 1. The Balaban J connectivity index is 1.25. The zero-order chi connectivity index (χ0) is 20.0. The van der Waals surface area contributed by atoms with Gasteiger partial charge in [0.25, 0.3) is 0 Å². The second-order valence-corrected chi connectivity index (χ2v) is 11.1. The number of thioether (sulfide) groups is 1. The van der Waals surface area contributed by atoms with Crippen LogP contribution in [-0.4, -0.2) is 53.5 Å². The topological polar surface area (TPSA) is 57.7 Å². The van der Waals surface area contributed by atoms with E-state index in [-0.39, 0.29) is 5.60 Å². The van der Waals surface area contributed by atoms with Crippen LogP contribution in [0.4, 0.5) is 0 Å². The summed E-state index contributed by atoms with van der Waals surface area (Å²) in [6.07, 6.45) is 3.39. The molecule has 0 aliphatic carbocycles. The van der Waals surface area contributed by atoms with Crippen LogP contribution in [0.15, 0.2) is 35.3 Å². The Labute approximate surface area is 178 Å². The maximum Gasteiger partial charge on any atom is 0.113 e. The van der Waals surface area contributed by atoms with Crippen molar-refractivity contribution in [3.8, 4) is 0 Å². The molecule has 3 saturated heterocycles. The molecule has 29 heavy (non-hydrogen) atoms. The van der Waals surface area contributed by atoms with E-state index in [0.717, 1.165) is 26.1 Å². The van der Waals surface area contributed by atoms with Crippen molar-refractivity contribution in [3.05, 3.63) is 35.9 Å². The summed E-state index contributed by atoms with van der Waals surface area (Å²) >= 11 is 2.08. The molecule has 4 aliphatic heterocycles. The van der Waals surface area contributed by atoms with Crippen LogP contribution in [0.2, 0.25) is 0 Å². The van der Waals surface area contributed by atoms with Crippen LogP contribution in [0.25, 0.3) is 0 Å². The second-order valence-electron chi connectivity index (χ2n) is 9.85. The highest BCUT2D eigenvalue weighted by atomic mass is 32.2. The van der Waals surface area contributed by atoms with Gasteiger partial charge in [0.2, 0.25) is 0 Å². The van der Waals surface area contributed by atoms with Gasteiger partial charge in [0.1, 0.15) is 5.84 Å². The molecular formula is C23H34N4OS. The highest BCUT2D eigenvalue weighted by Gasteiger charge is 2.53. The number of aliphatic imine (C=N–C) groups is 1. The third-order valence-corrected chi connectivity index (χ3v) is 8.60. The summed E-state index contributed by atoms with van der Waals surface area (Å²) in [5.41, 5.74) is 1.37. The molecule has 3 fully saturated rings. The molecule has 6 heteroatoms. The predicted octanol–water partition coefficient (Wildman–Crippen LogP) is 2.77. The molecule has 0 spiro atoms. The Hall–Kier alpha value is -1.08. The van der Waals surface area contributed by atoms with Crippen molar-refractivity contribution in [1.82, 2.24) is 16.0 Å². The maximum atomic E-state index is 6.15. The van der Waals surface area contributed by atoms with Crippen molar-refractivity contribution in [2.75, 3.05) is 13.3 Å². The lowest BCUT2D eigenvalue weighted by Gasteiger charge is -2.48. The molecule has 1 aromatic rings. The highest BCUT2D eigenvalue weighted by molar-refractivity contribution is 8.01. The van der Waals surface area contributed by atoms with E-state index in [1.165, 1.54) is 17.8 Å². The van der Waals surface area contributed by atoms with Crippen LogP contribution in [0.3, 0.4) is 0 Å². The number of piperidine rings is 1. The van der Waals surface area contributed by atoms with Crippen LogP contribution >= 0.6 is 11.8 Å². The van der Waals surface area contributed by atoms with E-state index in [0.29, 0.717) is 40.6 Å². The van der Waals surface area contributed by atoms with Gasteiger partial charge in [-0.2, -0.15) is 0 Å². The van der Waals surface area contributed by atoms with Crippen LogP contribution in [0.5, 0.6) is 0 Å². The Morgan fingerprint density at radius 1 is 1.31 bits per heavy atom. The first kappa shape index (κ1) is 19.9. The summed E-state index contributed by atoms with van der Waals surface area (Å²) in [6, 6.07) is 12.2. The second kappa shape index (κ2) is 7.88. The lowest BCUT2D eigenvalue weighted by molar-refractivity contribution is -0.104. The van der Waals surface area contributed by atoms with E-state index >= 15 is 0 Å². The van der Waals surface area contributed by atoms with Gasteiger partial charge < -0.3 is 15.4 Å². The largest absolute Gasteiger partial charge is 0.375 e. The van der Waals surface area contributed by atoms with Crippen LogP contribution in [0.1, 0.15) is 39.2 Å². The van der Waals surface area contributed by atoms with Gasteiger partial charge in [-0.3, -0.25) is 10.3 Å². The number of fused-ring (bicyclic) bond motifs is 4. The normalized spacial score (nSPS) is 38.9. The number of amidine groups is 1. The smallest absolute Gasteiger partial charge is 0.113 e. The molecule has 0 radical (unpaired) electrons. The number of nitrogens with one attached hydrogen (secondary N) is 3. The van der Waals surface area contributed by atoms with Gasteiger partial charge in [0.15, 0.2) is 0 Å². The number of benzene rings is 1. The first-order valence-corrected chi connectivity index (χ1v) is 12.1. The minimum atomic E-state index is -0.00364. The van der Waals surface area contributed by atoms with E-state index in [1.54, 1.807) is 0 Å². The summed E-state index contributed by atoms with van der Waals surface area (Å²) in [6.45, 7) is 8.34. The van der Waals surface area contributed by atoms with E-state index < -0.39 is 0 Å². The number of nitrogens with zero attached hydrogens (tertiary/aromatic N) is 1. The predicted molar refractivity (Wildman–Crippen MR) is 120 cm³/mol. The summed E-state index contributed by atoms with van der Waals surface area (Å²) < 4.78 is 6.15. The lowest BCUT2D eigenvalue weighted by Crippen LogP contribution is -2.60. The lowest BCUT2D eigenvalue weighted by atomic mass is 9.75. The fourth-order valence-electron chi connectivity index (χ4n) is 5.60. The summed E-state index contributed by atoms with van der Waals surface area (Å²) in [7, 11) is 0. The van der Waals surface area contributed by atoms with Gasteiger partial charge in [0, 0.05) is 24.0 Å². The van der Waals surface area contributed by atoms with Crippen molar-refractivity contribution < 1.29 is 4.74 Å². The molecular weight excluding hydrogens is 380 g/mol. The quantitative estimate of drug-likeness (QED) is 0.710. The van der Waals surface area contributed by atoms with Crippen LogP contribution in [0, 0.1) is 11.8 Å². The molecule has 1 aromatic carbocycles. The van der Waals surface area contributed by atoms with Crippen molar-refractivity contribution in [2.24, 2.45) is 16.8 Å². The van der Waals surface area contributed by atoms with E-state index in [9.17, 15) is 0 Å². The molecule has 5 rings (SSSR count). The van der Waals surface area contributed by atoms with Crippen molar-refractivity contribution in [3.63, 3.8) is 0 Å².